The number of benzene rings is 1. The second kappa shape index (κ2) is 5.16. The average Bonchev–Trinajstić information content (AvgIpc) is 2.17. The number of hydrogen-bond donors (Lipinski definition) is 0. The molecule has 0 unspecified atom stereocenters. The van der Waals surface area contributed by atoms with Crippen LogP contribution in [0.5, 0.6) is 11.5 Å². The van der Waals surface area contributed by atoms with Crippen LogP contribution in [0.25, 0.3) is 0 Å². The molecule has 0 N–H and O–H groups in total. The van der Waals surface area contributed by atoms with Crippen LogP contribution >= 0.6 is 0 Å². The lowest BCUT2D eigenvalue weighted by molar-refractivity contribution is -0.120. The maximum absolute atomic E-state index is 9.96. The molecule has 0 bridgehead atoms. The van der Waals surface area contributed by atoms with Crippen LogP contribution < -0.4 is 9.47 Å². The van der Waals surface area contributed by atoms with Gasteiger partial charge in [-0.3, -0.25) is 4.79 Å². The minimum Gasteiger partial charge on any atom is -0.468 e. The lowest BCUT2D eigenvalue weighted by Crippen LogP contribution is -1.98. The summed E-state index contributed by atoms with van der Waals surface area (Å²) >= 11 is 0. The summed E-state index contributed by atoms with van der Waals surface area (Å²) in [5, 5.41) is 0. The first kappa shape index (κ1) is 9.54. The standard InChI is InChI=1S/C9H10O4/c1-11-7-13-9-4-2-8(3-5-9)12-6-10/h2-6H,7H2,1H3. The molecule has 0 amide bonds. The molecular weight excluding hydrogens is 172 g/mol. The van der Waals surface area contributed by atoms with Crippen molar-refractivity contribution in [3.8, 4) is 11.5 Å². The van der Waals surface area contributed by atoms with E-state index in [0.717, 1.165) is 0 Å². The second-order valence-corrected chi connectivity index (χ2v) is 2.24. The van der Waals surface area contributed by atoms with Crippen molar-refractivity contribution in [1.82, 2.24) is 0 Å². The summed E-state index contributed by atoms with van der Waals surface area (Å²) in [6.07, 6.45) is 0. The van der Waals surface area contributed by atoms with Crippen molar-refractivity contribution >= 4 is 6.47 Å². The first-order valence-corrected chi connectivity index (χ1v) is 3.69. The van der Waals surface area contributed by atoms with E-state index in [0.29, 0.717) is 18.0 Å². The highest BCUT2D eigenvalue weighted by Gasteiger charge is 1.94. The van der Waals surface area contributed by atoms with Crippen LogP contribution in [-0.2, 0) is 9.53 Å². The van der Waals surface area contributed by atoms with Gasteiger partial charge in [-0.05, 0) is 24.3 Å². The van der Waals surface area contributed by atoms with E-state index in [1.807, 2.05) is 0 Å². The smallest absolute Gasteiger partial charge is 0.298 e. The molecule has 0 spiro atoms. The molecule has 0 heterocycles. The summed E-state index contributed by atoms with van der Waals surface area (Å²) < 4.78 is 14.4. The van der Waals surface area contributed by atoms with Crippen molar-refractivity contribution in [2.24, 2.45) is 0 Å². The van der Waals surface area contributed by atoms with Gasteiger partial charge in [0.25, 0.3) is 6.47 Å². The van der Waals surface area contributed by atoms with Gasteiger partial charge in [0.15, 0.2) is 6.79 Å². The zero-order valence-electron chi connectivity index (χ0n) is 7.23. The molecule has 0 saturated carbocycles. The molecule has 1 aromatic carbocycles. The van der Waals surface area contributed by atoms with Gasteiger partial charge >= 0.3 is 0 Å². The van der Waals surface area contributed by atoms with E-state index < -0.39 is 0 Å². The van der Waals surface area contributed by atoms with E-state index in [2.05, 4.69) is 4.74 Å². The largest absolute Gasteiger partial charge is 0.468 e. The molecule has 0 aliphatic carbocycles. The van der Waals surface area contributed by atoms with Crippen molar-refractivity contribution in [2.75, 3.05) is 13.9 Å². The number of rotatable bonds is 5. The van der Waals surface area contributed by atoms with Crippen LogP contribution in [0.3, 0.4) is 0 Å². The first-order valence-electron chi connectivity index (χ1n) is 3.69. The molecule has 1 rings (SSSR count). The van der Waals surface area contributed by atoms with Gasteiger partial charge in [-0.15, -0.1) is 0 Å². The number of ether oxygens (including phenoxy) is 3. The summed E-state index contributed by atoms with van der Waals surface area (Å²) in [6.45, 7) is 0.582. The van der Waals surface area contributed by atoms with Crippen LogP contribution in [-0.4, -0.2) is 20.4 Å². The zero-order valence-corrected chi connectivity index (χ0v) is 7.23. The minimum atomic E-state index is 0.202. The summed E-state index contributed by atoms with van der Waals surface area (Å²) in [4.78, 5) is 9.96. The fraction of sp³-hybridized carbons (Fsp3) is 0.222. The maximum atomic E-state index is 9.96. The van der Waals surface area contributed by atoms with Gasteiger partial charge in [0, 0.05) is 7.11 Å². The topological polar surface area (TPSA) is 44.8 Å². The van der Waals surface area contributed by atoms with Crippen molar-refractivity contribution in [2.45, 2.75) is 0 Å². The highest BCUT2D eigenvalue weighted by molar-refractivity contribution is 5.45. The summed E-state index contributed by atoms with van der Waals surface area (Å²) in [5.74, 6) is 1.15. The van der Waals surface area contributed by atoms with E-state index in [4.69, 9.17) is 9.47 Å². The average molecular weight is 182 g/mol. The van der Waals surface area contributed by atoms with Crippen molar-refractivity contribution in [3.05, 3.63) is 24.3 Å². The fourth-order valence-corrected chi connectivity index (χ4v) is 0.797. The third-order valence-corrected chi connectivity index (χ3v) is 1.35. The molecule has 13 heavy (non-hydrogen) atoms. The Morgan fingerprint density at radius 2 is 1.85 bits per heavy atom. The third-order valence-electron chi connectivity index (χ3n) is 1.35. The fourth-order valence-electron chi connectivity index (χ4n) is 0.797. The minimum absolute atomic E-state index is 0.202. The van der Waals surface area contributed by atoms with Gasteiger partial charge < -0.3 is 14.2 Å². The van der Waals surface area contributed by atoms with Crippen molar-refractivity contribution in [1.29, 1.82) is 0 Å². The van der Waals surface area contributed by atoms with Crippen LogP contribution in [0.15, 0.2) is 24.3 Å². The third kappa shape index (κ3) is 3.13. The van der Waals surface area contributed by atoms with E-state index in [1.165, 1.54) is 0 Å². The Morgan fingerprint density at radius 3 is 2.38 bits per heavy atom. The zero-order chi connectivity index (χ0) is 9.52. The molecular formula is C9H10O4. The van der Waals surface area contributed by atoms with Crippen LogP contribution in [0, 0.1) is 0 Å². The predicted octanol–water partition coefficient (Wildman–Crippen LogP) is 1.20. The lowest BCUT2D eigenvalue weighted by Gasteiger charge is -2.04. The monoisotopic (exact) mass is 182 g/mol. The normalized spacial score (nSPS) is 9.31. The Balaban J connectivity index is 2.53. The number of carbonyl (C=O) groups is 1. The predicted molar refractivity (Wildman–Crippen MR) is 45.6 cm³/mol. The first-order chi connectivity index (χ1) is 6.36. The van der Waals surface area contributed by atoms with E-state index in [1.54, 1.807) is 31.4 Å². The van der Waals surface area contributed by atoms with Crippen LogP contribution in [0.1, 0.15) is 0 Å². The molecule has 0 aliphatic heterocycles. The lowest BCUT2D eigenvalue weighted by atomic mass is 10.3. The van der Waals surface area contributed by atoms with Crippen LogP contribution in [0.2, 0.25) is 0 Å². The van der Waals surface area contributed by atoms with Crippen molar-refractivity contribution in [3.63, 3.8) is 0 Å². The Labute approximate surface area is 76.0 Å². The van der Waals surface area contributed by atoms with Gasteiger partial charge in [-0.1, -0.05) is 0 Å². The summed E-state index contributed by atoms with van der Waals surface area (Å²) in [6, 6.07) is 6.66. The Morgan fingerprint density at radius 1 is 1.23 bits per heavy atom. The Hall–Kier alpha value is -1.55. The molecule has 0 aromatic heterocycles. The summed E-state index contributed by atoms with van der Waals surface area (Å²) in [5.41, 5.74) is 0. The number of hydrogen-bond acceptors (Lipinski definition) is 4. The van der Waals surface area contributed by atoms with Gasteiger partial charge in [0.1, 0.15) is 11.5 Å². The molecule has 0 fully saturated rings. The van der Waals surface area contributed by atoms with Gasteiger partial charge in [0.05, 0.1) is 0 Å². The highest BCUT2D eigenvalue weighted by atomic mass is 16.7. The molecule has 0 aliphatic rings. The van der Waals surface area contributed by atoms with Crippen LogP contribution in [0.4, 0.5) is 0 Å². The van der Waals surface area contributed by atoms with E-state index in [9.17, 15) is 4.79 Å². The molecule has 4 nitrogen and oxygen atoms in total. The maximum Gasteiger partial charge on any atom is 0.298 e. The quantitative estimate of drug-likeness (QED) is 0.507. The van der Waals surface area contributed by atoms with Crippen molar-refractivity contribution < 1.29 is 19.0 Å². The molecule has 0 atom stereocenters. The second-order valence-electron chi connectivity index (χ2n) is 2.24. The van der Waals surface area contributed by atoms with Gasteiger partial charge in [0.2, 0.25) is 0 Å². The Kier molecular flexibility index (Phi) is 3.78. The van der Waals surface area contributed by atoms with Gasteiger partial charge in [-0.25, -0.2) is 0 Å². The summed E-state index contributed by atoms with van der Waals surface area (Å²) in [7, 11) is 1.55. The molecule has 4 heteroatoms. The molecule has 1 aromatic rings. The van der Waals surface area contributed by atoms with E-state index in [-0.39, 0.29) is 6.79 Å². The number of methoxy groups -OCH3 is 1. The highest BCUT2D eigenvalue weighted by Crippen LogP contribution is 2.16. The Bertz CT molecular complexity index is 255. The number of carbonyl (C=O) groups excluding carboxylic acids is 1. The molecule has 0 saturated heterocycles. The van der Waals surface area contributed by atoms with E-state index >= 15 is 0 Å². The molecule has 70 valence electrons. The SMILES string of the molecule is COCOc1ccc(OC=O)cc1. The molecule has 0 radical (unpaired) electrons. The van der Waals surface area contributed by atoms with Gasteiger partial charge in [-0.2, -0.15) is 0 Å².